The minimum absolute atomic E-state index is 0.0788. The van der Waals surface area contributed by atoms with Crippen molar-refractivity contribution in [3.05, 3.63) is 41.3 Å². The quantitative estimate of drug-likeness (QED) is 0.207. The van der Waals surface area contributed by atoms with Gasteiger partial charge in [0.2, 0.25) is 0 Å². The first-order valence-corrected chi connectivity index (χ1v) is 13.4. The molecule has 11 heteroatoms. The average Bonchev–Trinajstić information content (AvgIpc) is 3.69. The summed E-state index contributed by atoms with van der Waals surface area (Å²) in [5.41, 5.74) is 19.8. The van der Waals surface area contributed by atoms with E-state index in [4.69, 9.17) is 17.2 Å². The predicted octanol–water partition coefficient (Wildman–Crippen LogP) is 0.858. The molecule has 3 aliphatic heterocycles. The standard InChI is InChI=1S/C26H39N9O2/c27-22(23(28)36)24(31-19-5-3-17(4-6-19)18-9-11-30-12-10-18)32-25(29)33-13-1-2-21(16-33)35-15-14-34(26(35)37)20-7-8-20/h3-6,18,20-21,30-31H,1-2,7-16,27H2,(H2,28,36)(H2,29,32)/b24-22-. The molecule has 1 unspecified atom stereocenters. The molecule has 3 amide bonds. The molecule has 37 heavy (non-hydrogen) atoms. The van der Waals surface area contributed by atoms with Crippen molar-refractivity contribution in [2.24, 2.45) is 22.2 Å². The topological polar surface area (TPSA) is 158 Å². The third-order valence-corrected chi connectivity index (χ3v) is 7.95. The second-order valence-electron chi connectivity index (χ2n) is 10.5. The molecule has 4 fully saturated rings. The van der Waals surface area contributed by atoms with E-state index in [1.165, 1.54) is 5.56 Å². The molecule has 0 aromatic heterocycles. The number of carbonyl (C=O) groups excluding carboxylic acids is 2. The Kier molecular flexibility index (Phi) is 7.40. The van der Waals surface area contributed by atoms with Crippen LogP contribution >= 0.6 is 0 Å². The number of amides is 3. The van der Waals surface area contributed by atoms with Crippen molar-refractivity contribution in [2.75, 3.05) is 44.6 Å². The van der Waals surface area contributed by atoms with Gasteiger partial charge in [-0.2, -0.15) is 4.99 Å². The van der Waals surface area contributed by atoms with Gasteiger partial charge in [0.15, 0.2) is 11.8 Å². The molecule has 5 rings (SSSR count). The van der Waals surface area contributed by atoms with E-state index in [1.807, 2.05) is 26.8 Å². The molecule has 11 nitrogen and oxygen atoms in total. The van der Waals surface area contributed by atoms with Gasteiger partial charge in [-0.15, -0.1) is 0 Å². The summed E-state index contributed by atoms with van der Waals surface area (Å²) < 4.78 is 0. The number of nitrogens with two attached hydrogens (primary N) is 3. The fourth-order valence-corrected chi connectivity index (χ4v) is 5.64. The summed E-state index contributed by atoms with van der Waals surface area (Å²) in [4.78, 5) is 35.3. The van der Waals surface area contributed by atoms with Gasteiger partial charge >= 0.3 is 6.03 Å². The monoisotopic (exact) mass is 509 g/mol. The maximum absolute atomic E-state index is 12.9. The van der Waals surface area contributed by atoms with Crippen molar-refractivity contribution in [2.45, 2.75) is 56.5 Å². The van der Waals surface area contributed by atoms with E-state index in [0.717, 1.165) is 76.9 Å². The first-order chi connectivity index (χ1) is 17.9. The minimum Gasteiger partial charge on any atom is -0.391 e. The largest absolute Gasteiger partial charge is 0.391 e. The van der Waals surface area contributed by atoms with Gasteiger partial charge < -0.3 is 42.5 Å². The fourth-order valence-electron chi connectivity index (χ4n) is 5.64. The van der Waals surface area contributed by atoms with E-state index >= 15 is 0 Å². The zero-order valence-electron chi connectivity index (χ0n) is 21.4. The first-order valence-electron chi connectivity index (χ1n) is 13.4. The Hall–Kier alpha value is -3.47. The van der Waals surface area contributed by atoms with Gasteiger partial charge in [-0.05, 0) is 75.2 Å². The molecule has 0 radical (unpaired) electrons. The Labute approximate surface area is 218 Å². The SMILES string of the molecule is NC(=O)/C(N)=C(/N=C(N)N1CCCC(N2CCN(C3CC3)C2=O)C1)Nc1ccc(C2CCNCC2)cc1. The number of piperidine rings is 2. The Bertz CT molecular complexity index is 1060. The summed E-state index contributed by atoms with van der Waals surface area (Å²) >= 11 is 0. The molecule has 8 N–H and O–H groups in total. The van der Waals surface area contributed by atoms with Gasteiger partial charge in [-0.25, -0.2) is 4.79 Å². The molecule has 1 aromatic rings. The van der Waals surface area contributed by atoms with Gasteiger partial charge in [-0.3, -0.25) is 4.79 Å². The number of nitrogens with one attached hydrogen (secondary N) is 2. The van der Waals surface area contributed by atoms with Gasteiger partial charge in [0, 0.05) is 37.9 Å². The van der Waals surface area contributed by atoms with Crippen LogP contribution in [0.25, 0.3) is 0 Å². The molecule has 4 aliphatic rings. The highest BCUT2D eigenvalue weighted by atomic mass is 16.2. The number of likely N-dealkylation sites (tertiary alicyclic amines) is 1. The van der Waals surface area contributed by atoms with Crippen molar-refractivity contribution in [1.82, 2.24) is 20.0 Å². The normalized spacial score (nSPS) is 24.3. The molecule has 0 spiro atoms. The van der Waals surface area contributed by atoms with Crippen LogP contribution in [0.4, 0.5) is 10.5 Å². The smallest absolute Gasteiger partial charge is 0.320 e. The van der Waals surface area contributed by atoms with Crippen LogP contribution in [-0.2, 0) is 4.79 Å². The van der Waals surface area contributed by atoms with E-state index in [2.05, 4.69) is 27.8 Å². The lowest BCUT2D eigenvalue weighted by molar-refractivity contribution is -0.114. The number of guanidine groups is 1. The van der Waals surface area contributed by atoms with Crippen LogP contribution in [0.1, 0.15) is 50.0 Å². The maximum atomic E-state index is 12.9. The van der Waals surface area contributed by atoms with Gasteiger partial charge in [0.1, 0.15) is 5.70 Å². The van der Waals surface area contributed by atoms with Gasteiger partial charge in [0.05, 0.1) is 6.04 Å². The van der Waals surface area contributed by atoms with E-state index in [1.54, 1.807) is 0 Å². The molecule has 200 valence electrons. The summed E-state index contributed by atoms with van der Waals surface area (Å²) in [6.07, 6.45) is 6.28. The summed E-state index contributed by atoms with van der Waals surface area (Å²) in [6.45, 7) is 4.92. The third kappa shape index (κ3) is 5.76. The minimum atomic E-state index is -0.773. The van der Waals surface area contributed by atoms with E-state index < -0.39 is 5.91 Å². The Balaban J connectivity index is 1.27. The third-order valence-electron chi connectivity index (χ3n) is 7.95. The maximum Gasteiger partial charge on any atom is 0.320 e. The Morgan fingerprint density at radius 2 is 1.59 bits per heavy atom. The van der Waals surface area contributed by atoms with Crippen molar-refractivity contribution >= 4 is 23.6 Å². The number of rotatable bonds is 7. The van der Waals surface area contributed by atoms with Crippen LogP contribution in [0, 0.1) is 0 Å². The molecule has 1 saturated carbocycles. The lowest BCUT2D eigenvalue weighted by atomic mass is 9.90. The molecular formula is C26H39N9O2. The molecule has 1 aromatic carbocycles. The molecule has 3 saturated heterocycles. The average molecular weight is 510 g/mol. The van der Waals surface area contributed by atoms with Crippen molar-refractivity contribution < 1.29 is 9.59 Å². The lowest BCUT2D eigenvalue weighted by Crippen LogP contribution is -2.52. The number of hydrogen-bond donors (Lipinski definition) is 5. The number of aliphatic imine (C=N–C) groups is 1. The second kappa shape index (κ2) is 10.9. The molecular weight excluding hydrogens is 470 g/mol. The second-order valence-corrected chi connectivity index (χ2v) is 10.5. The fraction of sp³-hybridized carbons (Fsp3) is 0.577. The number of nitrogens with zero attached hydrogens (tertiary/aromatic N) is 4. The van der Waals surface area contributed by atoms with Crippen LogP contribution in [0.2, 0.25) is 0 Å². The highest BCUT2D eigenvalue weighted by Crippen LogP contribution is 2.32. The zero-order chi connectivity index (χ0) is 25.9. The summed E-state index contributed by atoms with van der Waals surface area (Å²) in [6, 6.07) is 8.74. The number of urea groups is 1. The Morgan fingerprint density at radius 1 is 0.919 bits per heavy atom. The van der Waals surface area contributed by atoms with Crippen LogP contribution in [0.15, 0.2) is 40.8 Å². The molecule has 1 atom stereocenters. The molecule has 1 aliphatic carbocycles. The van der Waals surface area contributed by atoms with E-state index in [0.29, 0.717) is 18.5 Å². The highest BCUT2D eigenvalue weighted by Gasteiger charge is 2.42. The van der Waals surface area contributed by atoms with Gasteiger partial charge in [0.25, 0.3) is 5.91 Å². The van der Waals surface area contributed by atoms with Crippen LogP contribution in [-0.4, -0.2) is 83.9 Å². The lowest BCUT2D eigenvalue weighted by Gasteiger charge is -2.38. The van der Waals surface area contributed by atoms with E-state index in [-0.39, 0.29) is 29.6 Å². The summed E-state index contributed by atoms with van der Waals surface area (Å²) in [5.74, 6) is 0.137. The number of anilines is 1. The van der Waals surface area contributed by atoms with Crippen molar-refractivity contribution in [3.63, 3.8) is 0 Å². The van der Waals surface area contributed by atoms with Crippen molar-refractivity contribution in [1.29, 1.82) is 0 Å². The van der Waals surface area contributed by atoms with Crippen molar-refractivity contribution in [3.8, 4) is 0 Å². The van der Waals surface area contributed by atoms with Gasteiger partial charge in [-0.1, -0.05) is 12.1 Å². The van der Waals surface area contributed by atoms with Crippen LogP contribution in [0.5, 0.6) is 0 Å². The molecule has 3 heterocycles. The van der Waals surface area contributed by atoms with E-state index in [9.17, 15) is 9.59 Å². The number of carbonyl (C=O) groups is 2. The predicted molar refractivity (Wildman–Crippen MR) is 143 cm³/mol. The van der Waals surface area contributed by atoms with Crippen LogP contribution < -0.4 is 27.8 Å². The summed E-state index contributed by atoms with van der Waals surface area (Å²) in [7, 11) is 0. The first kappa shape index (κ1) is 25.2. The Morgan fingerprint density at radius 3 is 2.24 bits per heavy atom. The number of hydrogen-bond acceptors (Lipinski definition) is 6. The highest BCUT2D eigenvalue weighted by molar-refractivity contribution is 5.93. The number of benzene rings is 1. The zero-order valence-corrected chi connectivity index (χ0v) is 21.4. The summed E-state index contributed by atoms with van der Waals surface area (Å²) in [5, 5.41) is 6.53. The number of primary amides is 1. The molecule has 0 bridgehead atoms. The van der Waals surface area contributed by atoms with Crippen LogP contribution in [0.3, 0.4) is 0 Å².